The quantitative estimate of drug-likeness (QED) is 0.765. The molecule has 76 valence electrons. The maximum absolute atomic E-state index is 13.3. The van der Waals surface area contributed by atoms with Crippen LogP contribution < -0.4 is 10.5 Å². The number of aromatic nitrogens is 1. The van der Waals surface area contributed by atoms with Gasteiger partial charge in [0, 0.05) is 18.0 Å². The van der Waals surface area contributed by atoms with Gasteiger partial charge in [0.2, 0.25) is 0 Å². The van der Waals surface area contributed by atoms with Gasteiger partial charge in [0.05, 0.1) is 6.20 Å². The number of hydrogen-bond donors (Lipinski definition) is 1. The molecule has 0 aliphatic heterocycles. The van der Waals surface area contributed by atoms with Crippen molar-refractivity contribution >= 4 is 5.69 Å². The van der Waals surface area contributed by atoms with Crippen molar-refractivity contribution in [2.24, 2.45) is 0 Å². The molecule has 0 bridgehead atoms. The van der Waals surface area contributed by atoms with Crippen molar-refractivity contribution in [1.82, 2.24) is 4.98 Å². The second-order valence-electron chi connectivity index (χ2n) is 2.98. The second kappa shape index (κ2) is 3.96. The molecule has 0 aliphatic rings. The Morgan fingerprint density at radius 1 is 1.27 bits per heavy atom. The smallest absolute Gasteiger partial charge is 0.167 e. The number of nitrogen functional groups attached to an aromatic ring is 1. The Bertz CT molecular complexity index is 459. The first kappa shape index (κ1) is 9.45. The lowest BCUT2D eigenvalue weighted by molar-refractivity contribution is 0.441. The van der Waals surface area contributed by atoms with Gasteiger partial charge < -0.3 is 10.5 Å². The fraction of sp³-hybridized carbons (Fsp3) is 0. The van der Waals surface area contributed by atoms with E-state index in [1.807, 2.05) is 0 Å². The minimum Gasteiger partial charge on any atom is -0.453 e. The Hall–Kier alpha value is -2.10. The van der Waals surface area contributed by atoms with Crippen molar-refractivity contribution in [3.8, 4) is 11.5 Å². The monoisotopic (exact) mass is 204 g/mol. The van der Waals surface area contributed by atoms with E-state index >= 15 is 0 Å². The van der Waals surface area contributed by atoms with Gasteiger partial charge in [-0.1, -0.05) is 0 Å². The maximum atomic E-state index is 13.3. The number of hydrogen-bond acceptors (Lipinski definition) is 3. The van der Waals surface area contributed by atoms with Crippen LogP contribution in [0.1, 0.15) is 0 Å². The number of ether oxygens (including phenoxy) is 1. The molecule has 4 heteroatoms. The van der Waals surface area contributed by atoms with Crippen LogP contribution in [0.5, 0.6) is 11.5 Å². The Kier molecular flexibility index (Phi) is 2.49. The topological polar surface area (TPSA) is 48.1 Å². The van der Waals surface area contributed by atoms with Crippen LogP contribution in [-0.2, 0) is 0 Å². The summed E-state index contributed by atoms with van der Waals surface area (Å²) in [6, 6.07) is 7.69. The van der Waals surface area contributed by atoms with Crippen molar-refractivity contribution in [3.05, 3.63) is 48.5 Å². The molecule has 0 saturated carbocycles. The van der Waals surface area contributed by atoms with E-state index in [2.05, 4.69) is 4.98 Å². The van der Waals surface area contributed by atoms with Crippen LogP contribution >= 0.6 is 0 Å². The molecular formula is C11H9FN2O. The summed E-state index contributed by atoms with van der Waals surface area (Å²) in [5.74, 6) is 0.136. The van der Waals surface area contributed by atoms with E-state index in [0.29, 0.717) is 11.4 Å². The van der Waals surface area contributed by atoms with Crippen molar-refractivity contribution in [2.45, 2.75) is 0 Å². The van der Waals surface area contributed by atoms with E-state index in [4.69, 9.17) is 10.5 Å². The van der Waals surface area contributed by atoms with Crippen LogP contribution in [0.15, 0.2) is 42.7 Å². The Balaban J connectivity index is 2.25. The summed E-state index contributed by atoms with van der Waals surface area (Å²) in [6.07, 6.45) is 3.13. The van der Waals surface area contributed by atoms with Gasteiger partial charge >= 0.3 is 0 Å². The number of halogens is 1. The van der Waals surface area contributed by atoms with Gasteiger partial charge in [0.1, 0.15) is 5.75 Å². The predicted octanol–water partition coefficient (Wildman–Crippen LogP) is 2.60. The lowest BCUT2D eigenvalue weighted by atomic mass is 10.3. The van der Waals surface area contributed by atoms with Gasteiger partial charge in [-0.2, -0.15) is 0 Å². The molecule has 2 rings (SSSR count). The predicted molar refractivity (Wildman–Crippen MR) is 55.1 cm³/mol. The third kappa shape index (κ3) is 2.22. The minimum absolute atomic E-state index is 0.136. The molecule has 1 heterocycles. The fourth-order valence-corrected chi connectivity index (χ4v) is 1.13. The summed E-state index contributed by atoms with van der Waals surface area (Å²) in [5, 5.41) is 0. The van der Waals surface area contributed by atoms with E-state index in [9.17, 15) is 4.39 Å². The average molecular weight is 204 g/mol. The molecule has 0 amide bonds. The maximum Gasteiger partial charge on any atom is 0.167 e. The molecule has 3 nitrogen and oxygen atoms in total. The number of anilines is 1. The molecular weight excluding hydrogens is 195 g/mol. The summed E-state index contributed by atoms with van der Waals surface area (Å²) in [6.45, 7) is 0. The van der Waals surface area contributed by atoms with Crippen LogP contribution in [-0.4, -0.2) is 4.98 Å². The zero-order valence-electron chi connectivity index (χ0n) is 7.85. The minimum atomic E-state index is -0.487. The average Bonchev–Trinajstić information content (AvgIpc) is 2.24. The van der Waals surface area contributed by atoms with Gasteiger partial charge in [0.15, 0.2) is 11.6 Å². The third-order valence-corrected chi connectivity index (χ3v) is 1.82. The van der Waals surface area contributed by atoms with Crippen molar-refractivity contribution in [3.63, 3.8) is 0 Å². The number of benzene rings is 1. The summed E-state index contributed by atoms with van der Waals surface area (Å²) in [5.41, 5.74) is 5.78. The van der Waals surface area contributed by atoms with E-state index in [1.165, 1.54) is 18.3 Å². The normalized spacial score (nSPS) is 9.93. The molecule has 0 fully saturated rings. The first-order valence-electron chi connectivity index (χ1n) is 4.38. The highest BCUT2D eigenvalue weighted by Gasteiger charge is 2.04. The SMILES string of the molecule is Nc1ccc(Oc2cccnc2)c(F)c1. The molecule has 15 heavy (non-hydrogen) atoms. The summed E-state index contributed by atoms with van der Waals surface area (Å²) >= 11 is 0. The first-order chi connectivity index (χ1) is 7.25. The van der Waals surface area contributed by atoms with Gasteiger partial charge in [-0.25, -0.2) is 4.39 Å². The number of nitrogens with two attached hydrogens (primary N) is 1. The van der Waals surface area contributed by atoms with Crippen molar-refractivity contribution in [2.75, 3.05) is 5.73 Å². The molecule has 2 aromatic rings. The highest BCUT2D eigenvalue weighted by molar-refractivity contribution is 5.44. The van der Waals surface area contributed by atoms with E-state index in [0.717, 1.165) is 0 Å². The summed E-state index contributed by atoms with van der Waals surface area (Å²) < 4.78 is 18.6. The van der Waals surface area contributed by atoms with Gasteiger partial charge in [-0.3, -0.25) is 4.98 Å². The van der Waals surface area contributed by atoms with Crippen LogP contribution in [0.25, 0.3) is 0 Å². The lowest BCUT2D eigenvalue weighted by Crippen LogP contribution is -1.91. The molecule has 0 saturated heterocycles. The molecule has 0 unspecified atom stereocenters. The van der Waals surface area contributed by atoms with Crippen LogP contribution in [0.2, 0.25) is 0 Å². The zero-order valence-corrected chi connectivity index (χ0v) is 7.85. The molecule has 2 N–H and O–H groups in total. The highest BCUT2D eigenvalue weighted by Crippen LogP contribution is 2.24. The fourth-order valence-electron chi connectivity index (χ4n) is 1.13. The van der Waals surface area contributed by atoms with Crippen LogP contribution in [0.3, 0.4) is 0 Å². The third-order valence-electron chi connectivity index (χ3n) is 1.82. The highest BCUT2D eigenvalue weighted by atomic mass is 19.1. The Labute approximate surface area is 86.3 Å². The van der Waals surface area contributed by atoms with Crippen LogP contribution in [0.4, 0.5) is 10.1 Å². The molecule has 0 spiro atoms. The molecule has 0 radical (unpaired) electrons. The molecule has 0 atom stereocenters. The van der Waals surface area contributed by atoms with Crippen molar-refractivity contribution in [1.29, 1.82) is 0 Å². The van der Waals surface area contributed by atoms with Crippen LogP contribution in [0, 0.1) is 5.82 Å². The summed E-state index contributed by atoms with van der Waals surface area (Å²) in [7, 11) is 0. The van der Waals surface area contributed by atoms with E-state index < -0.39 is 5.82 Å². The van der Waals surface area contributed by atoms with E-state index in [-0.39, 0.29) is 5.75 Å². The zero-order chi connectivity index (χ0) is 10.7. The number of rotatable bonds is 2. The Morgan fingerprint density at radius 2 is 2.13 bits per heavy atom. The van der Waals surface area contributed by atoms with Gasteiger partial charge in [-0.05, 0) is 24.3 Å². The number of nitrogens with zero attached hydrogens (tertiary/aromatic N) is 1. The lowest BCUT2D eigenvalue weighted by Gasteiger charge is -2.06. The molecule has 1 aromatic heterocycles. The standard InChI is InChI=1S/C11H9FN2O/c12-10-6-8(13)3-4-11(10)15-9-2-1-5-14-7-9/h1-7H,13H2. The molecule has 0 aliphatic carbocycles. The van der Waals surface area contributed by atoms with E-state index in [1.54, 1.807) is 24.4 Å². The largest absolute Gasteiger partial charge is 0.453 e. The van der Waals surface area contributed by atoms with Gasteiger partial charge in [0.25, 0.3) is 0 Å². The summed E-state index contributed by atoms with van der Waals surface area (Å²) in [4.78, 5) is 3.86. The molecule has 1 aromatic carbocycles. The Morgan fingerprint density at radius 3 is 2.80 bits per heavy atom. The first-order valence-corrected chi connectivity index (χ1v) is 4.38. The van der Waals surface area contributed by atoms with Crippen molar-refractivity contribution < 1.29 is 9.13 Å². The number of pyridine rings is 1. The van der Waals surface area contributed by atoms with Gasteiger partial charge in [-0.15, -0.1) is 0 Å². The second-order valence-corrected chi connectivity index (χ2v) is 2.98.